The van der Waals surface area contributed by atoms with Gasteiger partial charge < -0.3 is 5.32 Å². The molecule has 114 valence electrons. The van der Waals surface area contributed by atoms with Gasteiger partial charge in [-0.3, -0.25) is 14.9 Å². The Hall–Kier alpha value is -2.34. The van der Waals surface area contributed by atoms with Crippen LogP contribution in [0, 0.1) is 10.1 Å². The van der Waals surface area contributed by atoms with Crippen molar-refractivity contribution in [2.45, 2.75) is 5.75 Å². The van der Waals surface area contributed by atoms with Crippen LogP contribution in [0.4, 0.5) is 5.69 Å². The number of carbonyl (C=O) groups is 1. The zero-order chi connectivity index (χ0) is 15.8. The van der Waals surface area contributed by atoms with E-state index >= 15 is 0 Å². The highest BCUT2D eigenvalue weighted by atomic mass is 32.2. The molecule has 0 fully saturated rings. The number of nitrogens with one attached hydrogen (secondary N) is 1. The monoisotopic (exact) mass is 316 g/mol. The zero-order valence-corrected chi connectivity index (χ0v) is 12.7. The van der Waals surface area contributed by atoms with E-state index in [1.165, 1.54) is 17.7 Å². The molecule has 0 radical (unpaired) electrons. The molecule has 0 atom stereocenters. The van der Waals surface area contributed by atoms with Crippen LogP contribution < -0.4 is 5.32 Å². The maximum atomic E-state index is 12.0. The maximum absolute atomic E-state index is 12.0. The van der Waals surface area contributed by atoms with E-state index in [1.807, 2.05) is 18.2 Å². The average Bonchev–Trinajstić information content (AvgIpc) is 2.55. The number of para-hydroxylation sites is 1. The predicted molar refractivity (Wildman–Crippen MR) is 88.0 cm³/mol. The Kier molecular flexibility index (Phi) is 5.97. The molecule has 1 N–H and O–H groups in total. The van der Waals surface area contributed by atoms with Crippen LogP contribution in [-0.4, -0.2) is 23.1 Å². The molecule has 22 heavy (non-hydrogen) atoms. The van der Waals surface area contributed by atoms with Crippen molar-refractivity contribution in [2.75, 3.05) is 12.3 Å². The van der Waals surface area contributed by atoms with E-state index in [0.29, 0.717) is 6.54 Å². The molecule has 0 unspecified atom stereocenters. The number of rotatable bonds is 7. The molecule has 2 aromatic rings. The first-order valence-electron chi connectivity index (χ1n) is 6.82. The molecule has 1 amide bonds. The van der Waals surface area contributed by atoms with Crippen molar-refractivity contribution in [1.82, 2.24) is 5.32 Å². The van der Waals surface area contributed by atoms with Crippen molar-refractivity contribution < 1.29 is 9.72 Å². The molecule has 5 nitrogen and oxygen atoms in total. The molecule has 0 saturated carbocycles. The van der Waals surface area contributed by atoms with Gasteiger partial charge in [0.25, 0.3) is 11.6 Å². The summed E-state index contributed by atoms with van der Waals surface area (Å²) in [7, 11) is 0. The summed E-state index contributed by atoms with van der Waals surface area (Å²) in [5.41, 5.74) is 1.16. The van der Waals surface area contributed by atoms with Crippen molar-refractivity contribution >= 4 is 23.4 Å². The molecule has 0 aliphatic heterocycles. The van der Waals surface area contributed by atoms with Gasteiger partial charge in [0.15, 0.2) is 0 Å². The molecule has 0 aliphatic rings. The van der Waals surface area contributed by atoms with Crippen molar-refractivity contribution in [1.29, 1.82) is 0 Å². The molecule has 2 rings (SSSR count). The lowest BCUT2D eigenvalue weighted by molar-refractivity contribution is -0.385. The minimum absolute atomic E-state index is 0.0977. The second-order valence-corrected chi connectivity index (χ2v) is 5.67. The van der Waals surface area contributed by atoms with Gasteiger partial charge in [-0.2, -0.15) is 11.8 Å². The average molecular weight is 316 g/mol. The number of hydrogen-bond acceptors (Lipinski definition) is 4. The number of nitro groups is 1. The van der Waals surface area contributed by atoms with Gasteiger partial charge in [-0.15, -0.1) is 0 Å². The predicted octanol–water partition coefficient (Wildman–Crippen LogP) is 3.26. The van der Waals surface area contributed by atoms with Gasteiger partial charge in [0.05, 0.1) is 4.92 Å². The fourth-order valence-corrected chi connectivity index (χ4v) is 2.74. The molecule has 2 aromatic carbocycles. The fourth-order valence-electron chi connectivity index (χ4n) is 1.92. The first kappa shape index (κ1) is 16.0. The van der Waals surface area contributed by atoms with Crippen molar-refractivity contribution in [3.63, 3.8) is 0 Å². The molecule has 0 bridgehead atoms. The van der Waals surface area contributed by atoms with Crippen LogP contribution in [0.15, 0.2) is 54.6 Å². The Morgan fingerprint density at radius 2 is 1.77 bits per heavy atom. The zero-order valence-electron chi connectivity index (χ0n) is 11.9. The molecule has 0 saturated heterocycles. The van der Waals surface area contributed by atoms with Crippen LogP contribution in [-0.2, 0) is 5.75 Å². The highest BCUT2D eigenvalue weighted by molar-refractivity contribution is 7.98. The van der Waals surface area contributed by atoms with E-state index in [4.69, 9.17) is 0 Å². The lowest BCUT2D eigenvalue weighted by Gasteiger charge is -2.06. The van der Waals surface area contributed by atoms with E-state index in [-0.39, 0.29) is 11.3 Å². The third-order valence-electron chi connectivity index (χ3n) is 2.99. The molecular weight excluding hydrogens is 300 g/mol. The standard InChI is InChI=1S/C16H16N2O3S/c19-16(14-8-4-5-9-15(14)18(20)21)17-10-11-22-12-13-6-2-1-3-7-13/h1-9H,10-12H2,(H,17,19). The van der Waals surface area contributed by atoms with Gasteiger partial charge in [0.2, 0.25) is 0 Å². The van der Waals surface area contributed by atoms with Crippen LogP contribution in [0.5, 0.6) is 0 Å². The third-order valence-corrected chi connectivity index (χ3v) is 4.02. The van der Waals surface area contributed by atoms with Crippen LogP contribution in [0.25, 0.3) is 0 Å². The Morgan fingerprint density at radius 3 is 2.50 bits per heavy atom. The smallest absolute Gasteiger partial charge is 0.282 e. The van der Waals surface area contributed by atoms with E-state index in [0.717, 1.165) is 11.5 Å². The maximum Gasteiger partial charge on any atom is 0.282 e. The van der Waals surface area contributed by atoms with E-state index in [2.05, 4.69) is 17.4 Å². The number of benzene rings is 2. The van der Waals surface area contributed by atoms with Gasteiger partial charge in [0.1, 0.15) is 5.56 Å². The molecular formula is C16H16N2O3S. The summed E-state index contributed by atoms with van der Waals surface area (Å²) < 4.78 is 0. The fraction of sp³-hybridized carbons (Fsp3) is 0.188. The van der Waals surface area contributed by atoms with Gasteiger partial charge in [-0.25, -0.2) is 0 Å². The second-order valence-electron chi connectivity index (χ2n) is 4.57. The molecule has 0 spiro atoms. The summed E-state index contributed by atoms with van der Waals surface area (Å²) in [6, 6.07) is 16.0. The third kappa shape index (κ3) is 4.60. The Morgan fingerprint density at radius 1 is 1.09 bits per heavy atom. The second kappa shape index (κ2) is 8.19. The molecule has 0 heterocycles. The number of amides is 1. The lowest BCUT2D eigenvalue weighted by atomic mass is 10.1. The molecule has 0 aliphatic carbocycles. The summed E-state index contributed by atoms with van der Waals surface area (Å²) in [6.45, 7) is 0.475. The van der Waals surface area contributed by atoms with Gasteiger partial charge in [-0.1, -0.05) is 42.5 Å². The SMILES string of the molecule is O=C(NCCSCc1ccccc1)c1ccccc1[N+](=O)[O-]. The summed E-state index contributed by atoms with van der Waals surface area (Å²) in [5.74, 6) is 1.22. The van der Waals surface area contributed by atoms with Gasteiger partial charge in [-0.05, 0) is 11.6 Å². The highest BCUT2D eigenvalue weighted by Gasteiger charge is 2.18. The number of carbonyl (C=O) groups excluding carboxylic acids is 1. The quantitative estimate of drug-likeness (QED) is 0.483. The van der Waals surface area contributed by atoms with E-state index < -0.39 is 10.8 Å². The van der Waals surface area contributed by atoms with Crippen molar-refractivity contribution in [2.24, 2.45) is 0 Å². The normalized spacial score (nSPS) is 10.2. The summed E-state index contributed by atoms with van der Waals surface area (Å²) >= 11 is 1.71. The Balaban J connectivity index is 1.78. The van der Waals surface area contributed by atoms with Crippen LogP contribution in [0.2, 0.25) is 0 Å². The Labute approximate surface area is 132 Å². The Bertz CT molecular complexity index is 647. The minimum atomic E-state index is -0.543. The van der Waals surface area contributed by atoms with E-state index in [1.54, 1.807) is 23.9 Å². The molecule has 6 heteroatoms. The highest BCUT2D eigenvalue weighted by Crippen LogP contribution is 2.17. The molecule has 0 aromatic heterocycles. The summed E-state index contributed by atoms with van der Waals surface area (Å²) in [6.07, 6.45) is 0. The summed E-state index contributed by atoms with van der Waals surface area (Å²) in [5, 5.41) is 13.6. The number of thioether (sulfide) groups is 1. The largest absolute Gasteiger partial charge is 0.351 e. The minimum Gasteiger partial charge on any atom is -0.351 e. The summed E-state index contributed by atoms with van der Waals surface area (Å²) in [4.78, 5) is 22.3. The number of nitro benzene ring substituents is 1. The van der Waals surface area contributed by atoms with Crippen molar-refractivity contribution in [3.8, 4) is 0 Å². The first-order valence-corrected chi connectivity index (χ1v) is 7.97. The van der Waals surface area contributed by atoms with Gasteiger partial charge >= 0.3 is 0 Å². The van der Waals surface area contributed by atoms with Crippen LogP contribution in [0.1, 0.15) is 15.9 Å². The topological polar surface area (TPSA) is 72.2 Å². The van der Waals surface area contributed by atoms with Crippen LogP contribution in [0.3, 0.4) is 0 Å². The first-order chi connectivity index (χ1) is 10.7. The van der Waals surface area contributed by atoms with E-state index in [9.17, 15) is 14.9 Å². The van der Waals surface area contributed by atoms with Crippen LogP contribution >= 0.6 is 11.8 Å². The van der Waals surface area contributed by atoms with Crippen molar-refractivity contribution in [3.05, 3.63) is 75.8 Å². The number of nitrogens with zero attached hydrogens (tertiary/aromatic N) is 1. The van der Waals surface area contributed by atoms with Gasteiger partial charge in [0, 0.05) is 24.1 Å². The number of hydrogen-bond donors (Lipinski definition) is 1. The lowest BCUT2D eigenvalue weighted by Crippen LogP contribution is -2.26.